The van der Waals surface area contributed by atoms with Crippen LogP contribution in [0.4, 0.5) is 0 Å². The Bertz CT molecular complexity index is 977. The second-order valence-corrected chi connectivity index (χ2v) is 17.8. The van der Waals surface area contributed by atoms with Crippen LogP contribution < -0.4 is 5.32 Å². The van der Waals surface area contributed by atoms with Crippen LogP contribution in [0.5, 0.6) is 0 Å². The van der Waals surface area contributed by atoms with E-state index in [-0.39, 0.29) is 18.5 Å². The van der Waals surface area contributed by atoms with E-state index in [9.17, 15) is 19.8 Å². The van der Waals surface area contributed by atoms with Gasteiger partial charge in [-0.25, -0.2) is 0 Å². The number of nitrogens with one attached hydrogen (secondary N) is 1. The highest BCUT2D eigenvalue weighted by atomic mass is 16.5. The van der Waals surface area contributed by atoms with E-state index in [0.29, 0.717) is 25.9 Å². The second-order valence-electron chi connectivity index (χ2n) is 17.8. The first kappa shape index (κ1) is 58.1. The summed E-state index contributed by atoms with van der Waals surface area (Å²) in [7, 11) is 0. The molecule has 0 aromatic heterocycles. The molecule has 3 N–H and O–H groups in total. The molecule has 0 spiro atoms. The number of hydrogen-bond acceptors (Lipinski definition) is 5. The van der Waals surface area contributed by atoms with E-state index in [1.165, 1.54) is 154 Å². The molecule has 6 nitrogen and oxygen atoms in total. The minimum atomic E-state index is -0.675. The molecule has 0 aliphatic rings. The summed E-state index contributed by atoms with van der Waals surface area (Å²) in [4.78, 5) is 24.4. The van der Waals surface area contributed by atoms with Gasteiger partial charge in [-0.05, 0) is 83.5 Å². The molecule has 2 unspecified atom stereocenters. The van der Waals surface area contributed by atoms with Crippen molar-refractivity contribution in [2.75, 3.05) is 13.2 Å². The van der Waals surface area contributed by atoms with Crippen LogP contribution in [0.2, 0.25) is 0 Å². The number of aliphatic hydroxyl groups is 2. The number of aliphatic hydroxyl groups excluding tert-OH is 2. The summed E-state index contributed by atoms with van der Waals surface area (Å²) in [6.07, 6.45) is 59.7. The maximum absolute atomic E-state index is 12.4. The van der Waals surface area contributed by atoms with Crippen LogP contribution in [0.15, 0.2) is 36.5 Å². The lowest BCUT2D eigenvalue weighted by molar-refractivity contribution is -0.143. The van der Waals surface area contributed by atoms with Crippen molar-refractivity contribution in [3.8, 4) is 0 Å². The second kappa shape index (κ2) is 49.7. The fraction of sp³-hybridized carbons (Fsp3) is 0.852. The third-order valence-corrected chi connectivity index (χ3v) is 11.9. The summed E-state index contributed by atoms with van der Waals surface area (Å²) >= 11 is 0. The highest BCUT2D eigenvalue weighted by Gasteiger charge is 2.20. The molecule has 0 heterocycles. The maximum atomic E-state index is 12.4. The summed E-state index contributed by atoms with van der Waals surface area (Å²) < 4.78 is 5.42. The largest absolute Gasteiger partial charge is 0.466 e. The van der Waals surface area contributed by atoms with Crippen LogP contribution in [0.1, 0.15) is 271 Å². The Morgan fingerprint density at radius 1 is 0.467 bits per heavy atom. The van der Waals surface area contributed by atoms with Gasteiger partial charge in [-0.1, -0.05) is 211 Å². The molecule has 2 atom stereocenters. The first-order valence-corrected chi connectivity index (χ1v) is 26.2. The number of carbonyl (C=O) groups excluding carboxylic acids is 2. The topological polar surface area (TPSA) is 95.9 Å². The minimum absolute atomic E-state index is 0.0270. The van der Waals surface area contributed by atoms with Gasteiger partial charge in [0.05, 0.1) is 25.4 Å². The van der Waals surface area contributed by atoms with Gasteiger partial charge in [-0.15, -0.1) is 0 Å². The molecule has 0 aliphatic carbocycles. The molecule has 0 aliphatic heterocycles. The summed E-state index contributed by atoms with van der Waals surface area (Å²) in [6.45, 7) is 4.86. The van der Waals surface area contributed by atoms with E-state index in [4.69, 9.17) is 4.74 Å². The molecule has 0 radical (unpaired) electrons. The van der Waals surface area contributed by atoms with E-state index in [1.807, 2.05) is 0 Å². The normalized spacial score (nSPS) is 12.9. The lowest BCUT2D eigenvalue weighted by Gasteiger charge is -2.22. The Morgan fingerprint density at radius 2 is 0.850 bits per heavy atom. The number of hydrogen-bond donors (Lipinski definition) is 3. The van der Waals surface area contributed by atoms with Crippen molar-refractivity contribution in [1.82, 2.24) is 5.32 Å². The molecule has 0 rings (SSSR count). The Morgan fingerprint density at radius 3 is 1.33 bits per heavy atom. The predicted octanol–water partition coefficient (Wildman–Crippen LogP) is 15.7. The van der Waals surface area contributed by atoms with Crippen molar-refractivity contribution in [2.45, 2.75) is 283 Å². The highest BCUT2D eigenvalue weighted by molar-refractivity contribution is 5.76. The zero-order valence-corrected chi connectivity index (χ0v) is 39.9. The molecule has 0 aromatic rings. The Balaban J connectivity index is 3.52. The summed E-state index contributed by atoms with van der Waals surface area (Å²) in [5.74, 6) is -0.0784. The van der Waals surface area contributed by atoms with Crippen LogP contribution in [0, 0.1) is 0 Å². The quantitative estimate of drug-likeness (QED) is 0.0322. The Hall–Kier alpha value is -1.92. The molecular weight excluding hydrogens is 743 g/mol. The van der Waals surface area contributed by atoms with E-state index < -0.39 is 12.1 Å². The fourth-order valence-corrected chi connectivity index (χ4v) is 7.83. The molecule has 0 saturated heterocycles. The number of ether oxygens (including phenoxy) is 1. The highest BCUT2D eigenvalue weighted by Crippen LogP contribution is 2.16. The van der Waals surface area contributed by atoms with Gasteiger partial charge in [-0.3, -0.25) is 9.59 Å². The van der Waals surface area contributed by atoms with Gasteiger partial charge < -0.3 is 20.3 Å². The van der Waals surface area contributed by atoms with Gasteiger partial charge >= 0.3 is 5.97 Å². The van der Waals surface area contributed by atoms with E-state index in [0.717, 1.165) is 83.5 Å². The van der Waals surface area contributed by atoms with Crippen molar-refractivity contribution in [2.24, 2.45) is 0 Å². The van der Waals surface area contributed by atoms with Gasteiger partial charge in [0.25, 0.3) is 0 Å². The van der Waals surface area contributed by atoms with Gasteiger partial charge in [-0.2, -0.15) is 0 Å². The minimum Gasteiger partial charge on any atom is -0.466 e. The van der Waals surface area contributed by atoms with Gasteiger partial charge in [0.15, 0.2) is 0 Å². The number of unbranched alkanes of at least 4 members (excludes halogenated alkanes) is 31. The molecule has 6 heteroatoms. The third-order valence-electron chi connectivity index (χ3n) is 11.9. The van der Waals surface area contributed by atoms with Crippen molar-refractivity contribution in [3.63, 3.8) is 0 Å². The summed E-state index contributed by atoms with van der Waals surface area (Å²) in [6, 6.07) is -0.553. The van der Waals surface area contributed by atoms with Crippen LogP contribution in [0.3, 0.4) is 0 Å². The van der Waals surface area contributed by atoms with Crippen molar-refractivity contribution < 1.29 is 24.5 Å². The molecule has 0 saturated carbocycles. The first-order valence-electron chi connectivity index (χ1n) is 26.2. The molecule has 0 aromatic carbocycles. The lowest BCUT2D eigenvalue weighted by atomic mass is 10.0. The van der Waals surface area contributed by atoms with Crippen molar-refractivity contribution >= 4 is 11.9 Å². The molecule has 1 amide bonds. The summed E-state index contributed by atoms with van der Waals surface area (Å²) in [5.41, 5.74) is 0. The number of amides is 1. The molecule has 60 heavy (non-hydrogen) atoms. The number of rotatable bonds is 48. The predicted molar refractivity (Wildman–Crippen MR) is 259 cm³/mol. The van der Waals surface area contributed by atoms with E-state index in [1.54, 1.807) is 0 Å². The van der Waals surface area contributed by atoms with E-state index in [2.05, 4.69) is 55.6 Å². The molecule has 352 valence electrons. The van der Waals surface area contributed by atoms with Gasteiger partial charge in [0.1, 0.15) is 0 Å². The average Bonchev–Trinajstić information content (AvgIpc) is 3.25. The standard InChI is InChI=1S/C54H101NO5/c1-3-5-7-9-11-13-15-16-20-23-27-30-34-38-42-46-52(57)51(50-56)55-53(58)47-43-39-35-31-28-24-21-18-17-19-22-25-29-33-37-41-45-49-60-54(59)48-44-40-36-32-26-14-12-10-8-6-4-2/h10,12,17,19,25,29,51-52,56-57H,3-9,11,13-16,18,20-24,26-28,30-50H2,1-2H3,(H,55,58)/b12-10-,19-17-,29-25-. The van der Waals surface area contributed by atoms with Crippen molar-refractivity contribution in [1.29, 1.82) is 0 Å². The summed E-state index contributed by atoms with van der Waals surface area (Å²) in [5, 5.41) is 23.2. The molecular formula is C54H101NO5. The van der Waals surface area contributed by atoms with Crippen molar-refractivity contribution in [3.05, 3.63) is 36.5 Å². The third kappa shape index (κ3) is 45.6. The van der Waals surface area contributed by atoms with Crippen LogP contribution in [-0.2, 0) is 14.3 Å². The maximum Gasteiger partial charge on any atom is 0.305 e. The zero-order valence-electron chi connectivity index (χ0n) is 39.9. The number of carbonyl (C=O) groups is 2. The van der Waals surface area contributed by atoms with Crippen LogP contribution in [-0.4, -0.2) is 47.4 Å². The Kier molecular flexibility index (Phi) is 48.1. The molecule has 0 fully saturated rings. The average molecular weight is 844 g/mol. The van der Waals surface area contributed by atoms with Crippen LogP contribution in [0.25, 0.3) is 0 Å². The van der Waals surface area contributed by atoms with E-state index >= 15 is 0 Å². The number of esters is 1. The fourth-order valence-electron chi connectivity index (χ4n) is 7.83. The monoisotopic (exact) mass is 844 g/mol. The number of allylic oxidation sites excluding steroid dienone is 6. The SMILES string of the molecule is CCCC/C=C\CCCCCCCC(=O)OCCCCC/C=C\C/C=C\CCCCCCCCCC(=O)NC(CO)C(O)CCCCCCCCCCCCCCCCC. The Labute approximate surface area is 373 Å². The zero-order chi connectivity index (χ0) is 43.7. The first-order chi connectivity index (χ1) is 29.5. The lowest BCUT2D eigenvalue weighted by Crippen LogP contribution is -2.45. The smallest absolute Gasteiger partial charge is 0.305 e. The molecule has 0 bridgehead atoms. The van der Waals surface area contributed by atoms with Gasteiger partial charge in [0.2, 0.25) is 5.91 Å². The van der Waals surface area contributed by atoms with Crippen LogP contribution >= 0.6 is 0 Å². The van der Waals surface area contributed by atoms with Gasteiger partial charge in [0, 0.05) is 12.8 Å².